The van der Waals surface area contributed by atoms with Gasteiger partial charge in [-0.05, 0) is 34.1 Å². The molecule has 1 N–H and O–H groups in total. The number of hydrogen-bond donors (Lipinski definition) is 1. The van der Waals surface area contributed by atoms with Crippen LogP contribution >= 0.6 is 0 Å². The summed E-state index contributed by atoms with van der Waals surface area (Å²) in [5.41, 5.74) is 0.675. The summed E-state index contributed by atoms with van der Waals surface area (Å²) in [6.07, 6.45) is 0. The minimum Gasteiger partial charge on any atom is -0.475 e. The number of rotatable bonds is 6. The summed E-state index contributed by atoms with van der Waals surface area (Å²) in [6.45, 7) is 4.25. The third kappa shape index (κ3) is 4.20. The number of aromatic carboxylic acids is 1. The molecular weight excluding hydrogens is 220 g/mol. The van der Waals surface area contributed by atoms with Crippen LogP contribution < -0.4 is 0 Å². The number of carboxylic acids is 1. The Balaban J connectivity index is 2.57. The number of nitrogens with zero attached hydrogens (tertiary/aromatic N) is 2. The Morgan fingerprint density at radius 2 is 2.00 bits per heavy atom. The van der Waals surface area contributed by atoms with Crippen molar-refractivity contribution in [2.75, 3.05) is 34.2 Å². The van der Waals surface area contributed by atoms with Gasteiger partial charge in [0.1, 0.15) is 5.76 Å². The van der Waals surface area contributed by atoms with E-state index in [2.05, 4.69) is 9.80 Å². The summed E-state index contributed by atoms with van der Waals surface area (Å²) < 4.78 is 5.30. The average Bonchev–Trinajstić information content (AvgIpc) is 2.56. The molecule has 0 amide bonds. The molecular formula is C12H20N2O3. The van der Waals surface area contributed by atoms with Gasteiger partial charge in [0.25, 0.3) is 0 Å². The van der Waals surface area contributed by atoms with Crippen LogP contribution in [0.2, 0.25) is 0 Å². The zero-order chi connectivity index (χ0) is 13.0. The molecule has 0 unspecified atom stereocenters. The molecule has 0 radical (unpaired) electrons. The van der Waals surface area contributed by atoms with Gasteiger partial charge in [-0.25, -0.2) is 4.79 Å². The molecule has 96 valence electrons. The lowest BCUT2D eigenvalue weighted by Gasteiger charge is -2.17. The van der Waals surface area contributed by atoms with Gasteiger partial charge in [-0.3, -0.25) is 4.90 Å². The Kier molecular flexibility index (Phi) is 4.72. The first-order valence-electron chi connectivity index (χ1n) is 5.56. The zero-order valence-corrected chi connectivity index (χ0v) is 10.9. The maximum atomic E-state index is 10.8. The number of carbonyl (C=O) groups is 1. The smallest absolute Gasteiger partial charge is 0.372 e. The van der Waals surface area contributed by atoms with Crippen LogP contribution in [0.3, 0.4) is 0 Å². The van der Waals surface area contributed by atoms with E-state index in [1.807, 2.05) is 21.1 Å². The summed E-state index contributed by atoms with van der Waals surface area (Å²) >= 11 is 0. The Labute approximate surface area is 102 Å². The minimum absolute atomic E-state index is 0.0426. The second-order valence-corrected chi connectivity index (χ2v) is 4.57. The van der Waals surface area contributed by atoms with Crippen molar-refractivity contribution in [3.8, 4) is 0 Å². The van der Waals surface area contributed by atoms with Crippen molar-refractivity contribution < 1.29 is 14.3 Å². The van der Waals surface area contributed by atoms with Gasteiger partial charge in [0.2, 0.25) is 5.76 Å². The second kappa shape index (κ2) is 5.84. The van der Waals surface area contributed by atoms with Crippen molar-refractivity contribution in [1.82, 2.24) is 9.80 Å². The fraction of sp³-hybridized carbons (Fsp3) is 0.583. The fourth-order valence-corrected chi connectivity index (χ4v) is 1.55. The van der Waals surface area contributed by atoms with Crippen LogP contribution in [0.25, 0.3) is 0 Å². The lowest BCUT2D eigenvalue weighted by atomic mass is 10.2. The molecule has 17 heavy (non-hydrogen) atoms. The first-order chi connectivity index (χ1) is 7.90. The average molecular weight is 240 g/mol. The molecule has 1 heterocycles. The van der Waals surface area contributed by atoms with Crippen LogP contribution in [0, 0.1) is 6.92 Å². The molecule has 1 aromatic heterocycles. The van der Waals surface area contributed by atoms with E-state index in [9.17, 15) is 4.79 Å². The Bertz CT molecular complexity index is 385. The van der Waals surface area contributed by atoms with E-state index in [-0.39, 0.29) is 5.76 Å². The topological polar surface area (TPSA) is 56.9 Å². The number of likely N-dealkylation sites (N-methyl/N-ethyl adjacent to an activating group) is 2. The van der Waals surface area contributed by atoms with E-state index in [0.717, 1.165) is 13.1 Å². The molecule has 1 rings (SSSR count). The molecule has 0 fully saturated rings. The Morgan fingerprint density at radius 1 is 1.35 bits per heavy atom. The monoisotopic (exact) mass is 240 g/mol. The molecule has 5 heteroatoms. The molecule has 0 atom stereocenters. The third-order valence-electron chi connectivity index (χ3n) is 2.52. The molecule has 1 aromatic rings. The van der Waals surface area contributed by atoms with Crippen molar-refractivity contribution in [1.29, 1.82) is 0 Å². The predicted molar refractivity (Wildman–Crippen MR) is 65.3 cm³/mol. The SMILES string of the molecule is Cc1cc(CN(C)CCN(C)C)oc1C(=O)O. The van der Waals surface area contributed by atoms with E-state index < -0.39 is 5.97 Å². The molecule has 0 bridgehead atoms. The minimum atomic E-state index is -1.01. The van der Waals surface area contributed by atoms with Crippen LogP contribution in [0.4, 0.5) is 0 Å². The summed E-state index contributed by atoms with van der Waals surface area (Å²) in [5, 5.41) is 8.88. The van der Waals surface area contributed by atoms with Gasteiger partial charge < -0.3 is 14.4 Å². The summed E-state index contributed by atoms with van der Waals surface area (Å²) in [6, 6.07) is 1.79. The molecule has 0 aliphatic carbocycles. The molecule has 0 saturated heterocycles. The Hall–Kier alpha value is -1.33. The van der Waals surface area contributed by atoms with Gasteiger partial charge >= 0.3 is 5.97 Å². The fourth-order valence-electron chi connectivity index (χ4n) is 1.55. The van der Waals surface area contributed by atoms with E-state index in [1.54, 1.807) is 13.0 Å². The lowest BCUT2D eigenvalue weighted by Crippen LogP contribution is -2.28. The van der Waals surface area contributed by atoms with Crippen LogP contribution in [-0.2, 0) is 6.54 Å². The van der Waals surface area contributed by atoms with E-state index in [1.165, 1.54) is 0 Å². The highest BCUT2D eigenvalue weighted by Gasteiger charge is 2.15. The number of carboxylic acid groups (broad SMARTS) is 1. The van der Waals surface area contributed by atoms with Crippen molar-refractivity contribution in [2.24, 2.45) is 0 Å². The van der Waals surface area contributed by atoms with Crippen LogP contribution in [0.1, 0.15) is 21.9 Å². The Morgan fingerprint density at radius 3 is 2.47 bits per heavy atom. The standard InChI is InChI=1S/C12H20N2O3/c1-9-7-10(17-11(9)12(15)16)8-14(4)6-5-13(2)3/h7H,5-6,8H2,1-4H3,(H,15,16). The quantitative estimate of drug-likeness (QED) is 0.811. The van der Waals surface area contributed by atoms with E-state index in [4.69, 9.17) is 9.52 Å². The largest absolute Gasteiger partial charge is 0.475 e. The van der Waals surface area contributed by atoms with Crippen LogP contribution in [0.5, 0.6) is 0 Å². The summed E-state index contributed by atoms with van der Waals surface area (Å²) in [5.74, 6) is -0.271. The van der Waals surface area contributed by atoms with Gasteiger partial charge in [-0.1, -0.05) is 0 Å². The first-order valence-corrected chi connectivity index (χ1v) is 5.56. The third-order valence-corrected chi connectivity index (χ3v) is 2.52. The maximum absolute atomic E-state index is 10.8. The lowest BCUT2D eigenvalue weighted by molar-refractivity contribution is 0.0657. The van der Waals surface area contributed by atoms with Gasteiger partial charge in [-0.2, -0.15) is 0 Å². The van der Waals surface area contributed by atoms with Gasteiger partial charge in [-0.15, -0.1) is 0 Å². The van der Waals surface area contributed by atoms with Gasteiger partial charge in [0.05, 0.1) is 6.54 Å². The summed E-state index contributed by atoms with van der Waals surface area (Å²) in [7, 11) is 6.03. The first kappa shape index (κ1) is 13.7. The van der Waals surface area contributed by atoms with E-state index >= 15 is 0 Å². The van der Waals surface area contributed by atoms with Crippen LogP contribution in [0.15, 0.2) is 10.5 Å². The van der Waals surface area contributed by atoms with Crippen molar-refractivity contribution in [3.63, 3.8) is 0 Å². The second-order valence-electron chi connectivity index (χ2n) is 4.57. The van der Waals surface area contributed by atoms with Gasteiger partial charge in [0.15, 0.2) is 0 Å². The highest BCUT2D eigenvalue weighted by molar-refractivity contribution is 5.86. The van der Waals surface area contributed by atoms with Gasteiger partial charge in [0, 0.05) is 18.7 Å². The number of hydrogen-bond acceptors (Lipinski definition) is 4. The number of furan rings is 1. The molecule has 0 saturated carbocycles. The highest BCUT2D eigenvalue weighted by Crippen LogP contribution is 2.15. The highest BCUT2D eigenvalue weighted by atomic mass is 16.4. The zero-order valence-electron chi connectivity index (χ0n) is 10.9. The normalized spacial score (nSPS) is 11.4. The van der Waals surface area contributed by atoms with Crippen molar-refractivity contribution in [3.05, 3.63) is 23.2 Å². The van der Waals surface area contributed by atoms with Crippen molar-refractivity contribution >= 4 is 5.97 Å². The van der Waals surface area contributed by atoms with Crippen molar-refractivity contribution in [2.45, 2.75) is 13.5 Å². The molecule has 0 aromatic carbocycles. The maximum Gasteiger partial charge on any atom is 0.372 e. The number of aryl methyl sites for hydroxylation is 1. The molecule has 5 nitrogen and oxygen atoms in total. The molecule has 0 spiro atoms. The molecule has 0 aliphatic heterocycles. The van der Waals surface area contributed by atoms with Crippen LogP contribution in [-0.4, -0.2) is 55.1 Å². The predicted octanol–water partition coefficient (Wildman–Crippen LogP) is 1.28. The van der Waals surface area contributed by atoms with E-state index in [0.29, 0.717) is 17.9 Å². The molecule has 0 aliphatic rings. The summed E-state index contributed by atoms with van der Waals surface area (Å²) in [4.78, 5) is 15.0.